The molecule has 7 nitrogen and oxygen atoms in total. The Morgan fingerprint density at radius 3 is 2.48 bits per heavy atom. The van der Waals surface area contributed by atoms with Crippen molar-refractivity contribution in [2.24, 2.45) is 0 Å². The second-order valence-corrected chi connectivity index (χ2v) is 6.74. The minimum atomic E-state index is -0.527. The summed E-state index contributed by atoms with van der Waals surface area (Å²) in [6, 6.07) is 17.6. The monoisotopic (exact) mass is 420 g/mol. The van der Waals surface area contributed by atoms with Gasteiger partial charge >= 0.3 is 5.97 Å². The van der Waals surface area contributed by atoms with Crippen LogP contribution in [0.4, 0.5) is 5.69 Å². The Morgan fingerprint density at radius 2 is 1.77 bits per heavy atom. The van der Waals surface area contributed by atoms with Gasteiger partial charge in [0.15, 0.2) is 0 Å². The highest BCUT2D eigenvalue weighted by Gasteiger charge is 2.17. The number of pyridine rings is 1. The summed E-state index contributed by atoms with van der Waals surface area (Å²) in [5, 5.41) is 2.76. The molecule has 0 saturated heterocycles. The van der Waals surface area contributed by atoms with Crippen LogP contribution in [0, 0.1) is 0 Å². The quantitative estimate of drug-likeness (QED) is 0.563. The van der Waals surface area contributed by atoms with Crippen LogP contribution in [0.3, 0.4) is 0 Å². The zero-order valence-electron chi connectivity index (χ0n) is 17.5. The lowest BCUT2D eigenvalue weighted by Crippen LogP contribution is -2.24. The lowest BCUT2D eigenvalue weighted by molar-refractivity contribution is 0.0527. The van der Waals surface area contributed by atoms with Crippen LogP contribution in [0.2, 0.25) is 0 Å². The van der Waals surface area contributed by atoms with E-state index >= 15 is 0 Å². The summed E-state index contributed by atoms with van der Waals surface area (Å²) in [4.78, 5) is 37.3. The predicted molar refractivity (Wildman–Crippen MR) is 118 cm³/mol. The number of anilines is 1. The topological polar surface area (TPSA) is 86.6 Å². The molecular weight excluding hydrogens is 396 g/mol. The average molecular weight is 420 g/mol. The summed E-state index contributed by atoms with van der Waals surface area (Å²) < 4.78 is 11.6. The van der Waals surface area contributed by atoms with E-state index in [2.05, 4.69) is 5.32 Å². The Labute approximate surface area is 180 Å². The lowest BCUT2D eigenvalue weighted by atomic mass is 10.0. The molecule has 1 heterocycles. The molecule has 31 heavy (non-hydrogen) atoms. The van der Waals surface area contributed by atoms with Gasteiger partial charge in [-0.15, -0.1) is 0 Å². The first-order valence-electron chi connectivity index (χ1n) is 9.91. The molecule has 0 aliphatic rings. The van der Waals surface area contributed by atoms with Gasteiger partial charge in [-0.05, 0) is 36.2 Å². The van der Waals surface area contributed by atoms with E-state index in [1.165, 1.54) is 30.0 Å². The van der Waals surface area contributed by atoms with Crippen molar-refractivity contribution in [1.29, 1.82) is 0 Å². The molecular formula is C24H24N2O5. The molecule has 0 spiro atoms. The molecule has 0 radical (unpaired) electrons. The second kappa shape index (κ2) is 10.4. The molecule has 3 aromatic rings. The van der Waals surface area contributed by atoms with Crippen molar-refractivity contribution in [3.05, 3.63) is 88.3 Å². The van der Waals surface area contributed by atoms with Crippen molar-refractivity contribution in [3.8, 4) is 11.1 Å². The molecule has 160 valence electrons. The number of hydrogen-bond acceptors (Lipinski definition) is 5. The van der Waals surface area contributed by atoms with Gasteiger partial charge in [-0.3, -0.25) is 9.59 Å². The Morgan fingerprint density at radius 1 is 1.00 bits per heavy atom. The molecule has 0 atom stereocenters. The summed E-state index contributed by atoms with van der Waals surface area (Å²) in [7, 11) is 1.54. The number of benzene rings is 2. The van der Waals surface area contributed by atoms with Crippen LogP contribution in [0.1, 0.15) is 27.6 Å². The first kappa shape index (κ1) is 22.0. The minimum absolute atomic E-state index is 0.215. The Hall–Kier alpha value is -3.71. The number of hydrogen-bond donors (Lipinski definition) is 1. The molecule has 3 rings (SSSR count). The zero-order chi connectivity index (χ0) is 22.2. The molecule has 2 aromatic carbocycles. The number of methoxy groups -OCH3 is 1. The molecule has 1 aromatic heterocycles. The van der Waals surface area contributed by atoms with Crippen molar-refractivity contribution in [2.75, 3.05) is 25.6 Å². The number of rotatable bonds is 8. The summed E-state index contributed by atoms with van der Waals surface area (Å²) >= 11 is 0. The summed E-state index contributed by atoms with van der Waals surface area (Å²) in [6.07, 6.45) is 1.47. The molecule has 1 N–H and O–H groups in total. The van der Waals surface area contributed by atoms with E-state index in [4.69, 9.17) is 9.47 Å². The van der Waals surface area contributed by atoms with E-state index in [1.807, 2.05) is 36.4 Å². The van der Waals surface area contributed by atoms with Gasteiger partial charge in [-0.1, -0.05) is 36.4 Å². The molecule has 1 amide bonds. The molecule has 7 heteroatoms. The normalized spacial score (nSPS) is 10.5. The number of amides is 1. The molecule has 0 bridgehead atoms. The van der Waals surface area contributed by atoms with Crippen LogP contribution < -0.4 is 10.9 Å². The number of esters is 1. The fraction of sp³-hybridized carbons (Fsp3) is 0.208. The first-order valence-corrected chi connectivity index (χ1v) is 9.91. The standard InChI is InChI=1S/C24H24N2O5/c1-3-31-24(29)20-15-18(17-7-5-4-6-8-17)9-11-21(20)25-23(28)19-10-12-22(27)26(16-19)13-14-30-2/h4-12,15-16H,3,13-14H2,1-2H3,(H,25,28). The molecule has 0 saturated carbocycles. The maximum Gasteiger partial charge on any atom is 0.340 e. The highest BCUT2D eigenvalue weighted by Crippen LogP contribution is 2.26. The second-order valence-electron chi connectivity index (χ2n) is 6.74. The third-order valence-electron chi connectivity index (χ3n) is 4.65. The fourth-order valence-electron chi connectivity index (χ4n) is 3.07. The number of carbonyl (C=O) groups is 2. The number of carbonyl (C=O) groups excluding carboxylic acids is 2. The van der Waals surface area contributed by atoms with E-state index in [0.29, 0.717) is 18.8 Å². The largest absolute Gasteiger partial charge is 0.462 e. The van der Waals surface area contributed by atoms with Crippen molar-refractivity contribution in [2.45, 2.75) is 13.5 Å². The van der Waals surface area contributed by atoms with Crippen LogP contribution in [0.25, 0.3) is 11.1 Å². The van der Waals surface area contributed by atoms with E-state index in [9.17, 15) is 14.4 Å². The zero-order valence-corrected chi connectivity index (χ0v) is 17.5. The molecule has 0 aliphatic heterocycles. The fourth-order valence-corrected chi connectivity index (χ4v) is 3.07. The lowest BCUT2D eigenvalue weighted by Gasteiger charge is -2.13. The van der Waals surface area contributed by atoms with Gasteiger partial charge in [-0.2, -0.15) is 0 Å². The summed E-state index contributed by atoms with van der Waals surface area (Å²) in [5.41, 5.74) is 2.42. The third-order valence-corrected chi connectivity index (χ3v) is 4.65. The number of aromatic nitrogens is 1. The maximum atomic E-state index is 12.8. The Kier molecular flexibility index (Phi) is 7.35. The Bertz CT molecular complexity index is 1120. The van der Waals surface area contributed by atoms with E-state index in [0.717, 1.165) is 11.1 Å². The first-order chi connectivity index (χ1) is 15.0. The molecule has 0 unspecified atom stereocenters. The van der Waals surface area contributed by atoms with Gasteiger partial charge in [0.1, 0.15) is 0 Å². The van der Waals surface area contributed by atoms with E-state index in [-0.39, 0.29) is 23.3 Å². The molecule has 0 fully saturated rings. The van der Waals surface area contributed by atoms with Crippen molar-refractivity contribution in [1.82, 2.24) is 4.57 Å². The van der Waals surface area contributed by atoms with E-state index in [1.54, 1.807) is 19.1 Å². The molecule has 0 aliphatic carbocycles. The van der Waals surface area contributed by atoms with Crippen molar-refractivity contribution >= 4 is 17.6 Å². The van der Waals surface area contributed by atoms with Gasteiger partial charge in [0.2, 0.25) is 0 Å². The summed E-state index contributed by atoms with van der Waals surface area (Å²) in [6.45, 7) is 2.61. The number of nitrogens with zero attached hydrogens (tertiary/aromatic N) is 1. The van der Waals surface area contributed by atoms with Crippen LogP contribution >= 0.6 is 0 Å². The third kappa shape index (κ3) is 5.46. The highest BCUT2D eigenvalue weighted by molar-refractivity contribution is 6.08. The van der Waals surface area contributed by atoms with Crippen LogP contribution in [0.5, 0.6) is 0 Å². The SMILES string of the molecule is CCOC(=O)c1cc(-c2ccccc2)ccc1NC(=O)c1ccc(=O)n(CCOC)c1. The number of ether oxygens (including phenoxy) is 2. The maximum absolute atomic E-state index is 12.8. The highest BCUT2D eigenvalue weighted by atomic mass is 16.5. The summed E-state index contributed by atoms with van der Waals surface area (Å²) in [5.74, 6) is -0.968. The van der Waals surface area contributed by atoms with Gasteiger partial charge in [0, 0.05) is 25.9 Å². The minimum Gasteiger partial charge on any atom is -0.462 e. The Balaban J connectivity index is 1.92. The van der Waals surface area contributed by atoms with Crippen LogP contribution in [0.15, 0.2) is 71.7 Å². The van der Waals surface area contributed by atoms with Crippen LogP contribution in [-0.2, 0) is 16.0 Å². The van der Waals surface area contributed by atoms with Gasteiger partial charge < -0.3 is 19.4 Å². The van der Waals surface area contributed by atoms with Gasteiger partial charge in [0.05, 0.1) is 30.0 Å². The van der Waals surface area contributed by atoms with Crippen molar-refractivity contribution < 1.29 is 19.1 Å². The number of nitrogens with one attached hydrogen (secondary N) is 1. The predicted octanol–water partition coefficient (Wildman–Crippen LogP) is 3.59. The van der Waals surface area contributed by atoms with Gasteiger partial charge in [0.25, 0.3) is 11.5 Å². The van der Waals surface area contributed by atoms with Gasteiger partial charge in [-0.25, -0.2) is 4.79 Å². The smallest absolute Gasteiger partial charge is 0.340 e. The van der Waals surface area contributed by atoms with E-state index < -0.39 is 11.9 Å². The van der Waals surface area contributed by atoms with Crippen molar-refractivity contribution in [3.63, 3.8) is 0 Å². The van der Waals surface area contributed by atoms with Crippen LogP contribution in [-0.4, -0.2) is 36.8 Å². The average Bonchev–Trinajstić information content (AvgIpc) is 2.79.